The summed E-state index contributed by atoms with van der Waals surface area (Å²) in [5.74, 6) is 0.0906. The quantitative estimate of drug-likeness (QED) is 0.562. The molecule has 0 atom stereocenters. The second-order valence-corrected chi connectivity index (χ2v) is 7.68. The summed E-state index contributed by atoms with van der Waals surface area (Å²) in [6.45, 7) is 8.41. The molecule has 0 aliphatic heterocycles. The lowest BCUT2D eigenvalue weighted by Crippen LogP contribution is -2.10. The third-order valence-corrected chi connectivity index (χ3v) is 4.24. The second-order valence-electron chi connectivity index (χ2n) is 7.68. The number of carbonyl (C=O) groups is 1. The number of nitrogens with zero attached hydrogens (tertiary/aromatic N) is 2. The Morgan fingerprint density at radius 2 is 1.64 bits per heavy atom. The van der Waals surface area contributed by atoms with E-state index in [9.17, 15) is 4.79 Å². The Hall–Kier alpha value is -3.41. The normalized spacial score (nSPS) is 11.1. The minimum Gasteiger partial charge on any atom is -0.478 e. The van der Waals surface area contributed by atoms with Gasteiger partial charge in [0.1, 0.15) is 5.82 Å². The van der Waals surface area contributed by atoms with Crippen molar-refractivity contribution in [1.82, 2.24) is 9.97 Å². The Labute approximate surface area is 164 Å². The van der Waals surface area contributed by atoms with Crippen LogP contribution in [0.2, 0.25) is 0 Å². The summed E-state index contributed by atoms with van der Waals surface area (Å²) in [5.41, 5.74) is 3.91. The third-order valence-electron chi connectivity index (χ3n) is 4.24. The fourth-order valence-electron chi connectivity index (χ4n) is 2.75. The van der Waals surface area contributed by atoms with Gasteiger partial charge in [0.25, 0.3) is 0 Å². The van der Waals surface area contributed by atoms with Crippen LogP contribution in [-0.4, -0.2) is 21.0 Å². The number of aryl methyl sites for hydroxylation is 1. The summed E-state index contributed by atoms with van der Waals surface area (Å²) >= 11 is 0. The van der Waals surface area contributed by atoms with Gasteiger partial charge in [0.05, 0.1) is 5.56 Å². The Bertz CT molecular complexity index is 992. The van der Waals surface area contributed by atoms with E-state index in [0.717, 1.165) is 11.4 Å². The lowest BCUT2D eigenvalue weighted by Gasteiger charge is -2.19. The molecule has 6 heteroatoms. The van der Waals surface area contributed by atoms with E-state index < -0.39 is 5.97 Å². The molecule has 0 amide bonds. The zero-order chi connectivity index (χ0) is 20.3. The van der Waals surface area contributed by atoms with Crippen molar-refractivity contribution in [2.75, 3.05) is 10.6 Å². The van der Waals surface area contributed by atoms with Gasteiger partial charge in [-0.3, -0.25) is 0 Å². The molecular weight excluding hydrogens is 352 g/mol. The van der Waals surface area contributed by atoms with E-state index in [1.807, 2.05) is 19.1 Å². The van der Waals surface area contributed by atoms with Crippen molar-refractivity contribution in [2.45, 2.75) is 33.1 Å². The number of aromatic nitrogens is 2. The molecule has 6 nitrogen and oxygen atoms in total. The minimum atomic E-state index is -0.969. The molecule has 1 aromatic heterocycles. The van der Waals surface area contributed by atoms with E-state index in [-0.39, 0.29) is 11.0 Å². The number of anilines is 4. The Kier molecular flexibility index (Phi) is 5.31. The van der Waals surface area contributed by atoms with Gasteiger partial charge in [-0.15, -0.1) is 0 Å². The number of benzene rings is 2. The molecule has 3 rings (SSSR count). The third kappa shape index (κ3) is 4.85. The first-order chi connectivity index (χ1) is 13.2. The van der Waals surface area contributed by atoms with Crippen molar-refractivity contribution in [3.05, 3.63) is 71.4 Å². The maximum atomic E-state index is 11.1. The van der Waals surface area contributed by atoms with Crippen molar-refractivity contribution >= 4 is 29.1 Å². The summed E-state index contributed by atoms with van der Waals surface area (Å²) in [4.78, 5) is 20.1. The van der Waals surface area contributed by atoms with Crippen molar-refractivity contribution in [1.29, 1.82) is 0 Å². The molecule has 0 aliphatic rings. The molecule has 3 aromatic rings. The fraction of sp³-hybridized carbons (Fsp3) is 0.227. The van der Waals surface area contributed by atoms with Crippen molar-refractivity contribution in [2.24, 2.45) is 0 Å². The van der Waals surface area contributed by atoms with Crippen LogP contribution in [-0.2, 0) is 5.41 Å². The lowest BCUT2D eigenvalue weighted by atomic mass is 9.87. The average molecular weight is 376 g/mol. The molecule has 3 N–H and O–H groups in total. The van der Waals surface area contributed by atoms with Gasteiger partial charge in [-0.05, 0) is 48.2 Å². The molecule has 1 heterocycles. The highest BCUT2D eigenvalue weighted by molar-refractivity contribution is 5.89. The Morgan fingerprint density at radius 1 is 0.929 bits per heavy atom. The van der Waals surface area contributed by atoms with Crippen LogP contribution in [0.4, 0.5) is 23.1 Å². The van der Waals surface area contributed by atoms with Gasteiger partial charge in [0.15, 0.2) is 0 Å². The van der Waals surface area contributed by atoms with E-state index in [4.69, 9.17) is 5.11 Å². The highest BCUT2D eigenvalue weighted by Gasteiger charge is 2.13. The Balaban J connectivity index is 1.80. The number of carboxylic acid groups (broad SMARTS) is 1. The summed E-state index contributed by atoms with van der Waals surface area (Å²) < 4.78 is 0. The lowest BCUT2D eigenvalue weighted by molar-refractivity contribution is 0.0697. The smallest absolute Gasteiger partial charge is 0.335 e. The van der Waals surface area contributed by atoms with Crippen LogP contribution in [0, 0.1) is 6.92 Å². The number of rotatable bonds is 5. The highest BCUT2D eigenvalue weighted by atomic mass is 16.4. The highest BCUT2D eigenvalue weighted by Crippen LogP contribution is 2.25. The first kappa shape index (κ1) is 19.4. The van der Waals surface area contributed by atoms with Crippen LogP contribution in [0.3, 0.4) is 0 Å². The first-order valence-electron chi connectivity index (χ1n) is 9.04. The molecule has 0 fully saturated rings. The molecule has 0 aliphatic carbocycles. The SMILES string of the molecule is Cc1cc(Nc2cccc(C(=O)O)c2)nc(Nc2ccc(C(C)(C)C)cc2)n1. The van der Waals surface area contributed by atoms with Crippen molar-refractivity contribution in [3.63, 3.8) is 0 Å². The standard InChI is InChI=1S/C22H24N4O2/c1-14-12-19(24-18-7-5-6-15(13-18)20(27)28)26-21(23-14)25-17-10-8-16(9-11-17)22(2,3)4/h5-13H,1-4H3,(H,27,28)(H2,23,24,25,26). The molecule has 0 spiro atoms. The van der Waals surface area contributed by atoms with Gasteiger partial charge in [-0.1, -0.05) is 39.0 Å². The molecule has 2 aromatic carbocycles. The van der Waals surface area contributed by atoms with Gasteiger partial charge in [-0.2, -0.15) is 4.98 Å². The van der Waals surface area contributed by atoms with Gasteiger partial charge in [0, 0.05) is 23.1 Å². The molecular formula is C22H24N4O2. The predicted octanol–water partition coefficient (Wildman–Crippen LogP) is 5.27. The van der Waals surface area contributed by atoms with Crippen molar-refractivity contribution < 1.29 is 9.90 Å². The number of nitrogens with one attached hydrogen (secondary N) is 2. The van der Waals surface area contributed by atoms with E-state index in [0.29, 0.717) is 17.5 Å². The van der Waals surface area contributed by atoms with Gasteiger partial charge in [-0.25, -0.2) is 9.78 Å². The number of hydrogen-bond acceptors (Lipinski definition) is 5. The largest absolute Gasteiger partial charge is 0.478 e. The molecule has 0 saturated carbocycles. The first-order valence-corrected chi connectivity index (χ1v) is 9.04. The van der Waals surface area contributed by atoms with Crippen LogP contribution >= 0.6 is 0 Å². The zero-order valence-corrected chi connectivity index (χ0v) is 16.4. The van der Waals surface area contributed by atoms with Crippen LogP contribution in [0.25, 0.3) is 0 Å². The van der Waals surface area contributed by atoms with Crippen molar-refractivity contribution in [3.8, 4) is 0 Å². The van der Waals surface area contributed by atoms with Crippen LogP contribution in [0.1, 0.15) is 42.4 Å². The molecule has 0 saturated heterocycles. The van der Waals surface area contributed by atoms with E-state index >= 15 is 0 Å². The van der Waals surface area contributed by atoms with Gasteiger partial charge >= 0.3 is 5.97 Å². The summed E-state index contributed by atoms with van der Waals surface area (Å²) in [6, 6.07) is 16.6. The van der Waals surface area contributed by atoms with Crippen LogP contribution in [0.5, 0.6) is 0 Å². The molecule has 0 bridgehead atoms. The summed E-state index contributed by atoms with van der Waals surface area (Å²) in [6.07, 6.45) is 0. The van der Waals surface area contributed by atoms with E-state index in [1.165, 1.54) is 5.56 Å². The second kappa shape index (κ2) is 7.68. The number of hydrogen-bond donors (Lipinski definition) is 3. The number of carboxylic acids is 1. The maximum absolute atomic E-state index is 11.1. The fourth-order valence-corrected chi connectivity index (χ4v) is 2.75. The Morgan fingerprint density at radius 3 is 2.29 bits per heavy atom. The average Bonchev–Trinajstić information content (AvgIpc) is 2.61. The molecule has 28 heavy (non-hydrogen) atoms. The van der Waals surface area contributed by atoms with Gasteiger partial charge < -0.3 is 15.7 Å². The van der Waals surface area contributed by atoms with Gasteiger partial charge in [0.2, 0.25) is 5.95 Å². The summed E-state index contributed by atoms with van der Waals surface area (Å²) in [7, 11) is 0. The molecule has 144 valence electrons. The van der Waals surface area contributed by atoms with E-state index in [2.05, 4.69) is 53.5 Å². The predicted molar refractivity (Wildman–Crippen MR) is 112 cm³/mol. The molecule has 0 radical (unpaired) electrons. The molecule has 0 unspecified atom stereocenters. The monoisotopic (exact) mass is 376 g/mol. The van der Waals surface area contributed by atoms with Crippen LogP contribution in [0.15, 0.2) is 54.6 Å². The van der Waals surface area contributed by atoms with E-state index in [1.54, 1.807) is 30.3 Å². The minimum absolute atomic E-state index is 0.0972. The maximum Gasteiger partial charge on any atom is 0.335 e. The zero-order valence-electron chi connectivity index (χ0n) is 16.4. The number of aromatic carboxylic acids is 1. The summed E-state index contributed by atoms with van der Waals surface area (Å²) in [5, 5.41) is 15.5. The topological polar surface area (TPSA) is 87.1 Å². The van der Waals surface area contributed by atoms with Crippen LogP contribution < -0.4 is 10.6 Å².